The first-order valence-corrected chi connectivity index (χ1v) is 8.75. The van der Waals surface area contributed by atoms with Crippen LogP contribution in [0.15, 0.2) is 50.2 Å². The van der Waals surface area contributed by atoms with E-state index in [0.717, 1.165) is 0 Å². The molecule has 0 bridgehead atoms. The van der Waals surface area contributed by atoms with Gasteiger partial charge in [0, 0.05) is 16.6 Å². The molecule has 0 heterocycles. The van der Waals surface area contributed by atoms with E-state index in [2.05, 4.69) is 36.6 Å². The maximum atomic E-state index is 12.3. The third-order valence-electron chi connectivity index (χ3n) is 2.61. The number of phenols is 1. The molecule has 0 saturated heterocycles. The molecule has 0 radical (unpaired) electrons. The van der Waals surface area contributed by atoms with E-state index >= 15 is 0 Å². The maximum Gasteiger partial charge on any atom is 0.262 e. The Morgan fingerprint density at radius 3 is 2.48 bits per heavy atom. The second kappa shape index (κ2) is 6.25. The zero-order valence-corrected chi connectivity index (χ0v) is 14.8. The summed E-state index contributed by atoms with van der Waals surface area (Å²) in [5.74, 6) is 0.372. The summed E-state index contributed by atoms with van der Waals surface area (Å²) in [7, 11) is -2.32. The Labute approximate surface area is 139 Å². The number of hydrogen-bond donors (Lipinski definition) is 2. The van der Waals surface area contributed by atoms with Crippen LogP contribution in [0.2, 0.25) is 0 Å². The minimum absolute atomic E-state index is 0.0312. The highest BCUT2D eigenvalue weighted by molar-refractivity contribution is 9.11. The molecule has 2 aromatic carbocycles. The monoisotopic (exact) mass is 435 g/mol. The maximum absolute atomic E-state index is 12.3. The van der Waals surface area contributed by atoms with Gasteiger partial charge < -0.3 is 9.84 Å². The van der Waals surface area contributed by atoms with Crippen molar-refractivity contribution >= 4 is 47.6 Å². The summed E-state index contributed by atoms with van der Waals surface area (Å²) in [5.41, 5.74) is 0.332. The molecule has 0 aromatic heterocycles. The number of ether oxygens (including phenoxy) is 1. The standard InChI is InChI=1S/C13H11Br2NO4S/c1-20-13-7-12(10(14)6-11(13)15)16-21(18,19)9-4-2-3-8(17)5-9/h2-7,16-17H,1H3. The van der Waals surface area contributed by atoms with Gasteiger partial charge in [0.15, 0.2) is 0 Å². The predicted molar refractivity (Wildman–Crippen MR) is 87.3 cm³/mol. The van der Waals surface area contributed by atoms with Gasteiger partial charge in [0.2, 0.25) is 0 Å². The van der Waals surface area contributed by atoms with Gasteiger partial charge in [0.1, 0.15) is 11.5 Å². The van der Waals surface area contributed by atoms with Crippen molar-refractivity contribution in [3.8, 4) is 11.5 Å². The Bertz CT molecular complexity index is 778. The van der Waals surface area contributed by atoms with Crippen LogP contribution < -0.4 is 9.46 Å². The molecular formula is C13H11Br2NO4S. The molecular weight excluding hydrogens is 426 g/mol. The van der Waals surface area contributed by atoms with Crippen LogP contribution in [-0.2, 0) is 10.0 Å². The summed E-state index contributed by atoms with van der Waals surface area (Å²) in [6.07, 6.45) is 0. The van der Waals surface area contributed by atoms with E-state index in [1.165, 1.54) is 31.4 Å². The number of phenolic OH excluding ortho intramolecular Hbond substituents is 1. The Morgan fingerprint density at radius 1 is 1.14 bits per heavy atom. The van der Waals surface area contributed by atoms with Crippen LogP contribution in [0.5, 0.6) is 11.5 Å². The van der Waals surface area contributed by atoms with Gasteiger partial charge in [-0.25, -0.2) is 8.42 Å². The average Bonchev–Trinajstić information content (AvgIpc) is 2.42. The molecule has 2 rings (SSSR count). The molecule has 2 aromatic rings. The summed E-state index contributed by atoms with van der Waals surface area (Å²) in [4.78, 5) is -0.0312. The van der Waals surface area contributed by atoms with Crippen molar-refractivity contribution in [3.63, 3.8) is 0 Å². The Balaban J connectivity index is 2.41. The van der Waals surface area contributed by atoms with Crippen LogP contribution in [0, 0.1) is 0 Å². The highest BCUT2D eigenvalue weighted by Gasteiger charge is 2.17. The first kappa shape index (κ1) is 16.1. The number of methoxy groups -OCH3 is 1. The summed E-state index contributed by atoms with van der Waals surface area (Å²) in [6, 6.07) is 8.66. The highest BCUT2D eigenvalue weighted by Crippen LogP contribution is 2.35. The molecule has 0 aliphatic heterocycles. The van der Waals surface area contributed by atoms with Gasteiger partial charge in [0.25, 0.3) is 10.0 Å². The third-order valence-corrected chi connectivity index (χ3v) is 5.25. The minimum Gasteiger partial charge on any atom is -0.508 e. The highest BCUT2D eigenvalue weighted by atomic mass is 79.9. The molecule has 2 N–H and O–H groups in total. The zero-order valence-electron chi connectivity index (χ0n) is 10.8. The van der Waals surface area contributed by atoms with Crippen LogP contribution in [0.1, 0.15) is 0 Å². The fourth-order valence-corrected chi connectivity index (χ4v) is 4.11. The number of anilines is 1. The summed E-state index contributed by atoms with van der Waals surface area (Å²) in [6.45, 7) is 0. The second-order valence-electron chi connectivity index (χ2n) is 4.07. The number of rotatable bonds is 4. The largest absolute Gasteiger partial charge is 0.508 e. The number of benzene rings is 2. The van der Waals surface area contributed by atoms with E-state index in [1.54, 1.807) is 12.1 Å². The first-order chi connectivity index (χ1) is 9.83. The molecule has 0 aliphatic carbocycles. The second-order valence-corrected chi connectivity index (χ2v) is 7.46. The van der Waals surface area contributed by atoms with Gasteiger partial charge in [-0.05, 0) is 50.1 Å². The number of nitrogens with one attached hydrogen (secondary N) is 1. The third kappa shape index (κ3) is 3.69. The lowest BCUT2D eigenvalue weighted by atomic mass is 10.3. The SMILES string of the molecule is COc1cc(NS(=O)(=O)c2cccc(O)c2)c(Br)cc1Br. The number of sulfonamides is 1. The van der Waals surface area contributed by atoms with Crippen molar-refractivity contribution in [1.29, 1.82) is 0 Å². The number of halogens is 2. The fourth-order valence-electron chi connectivity index (χ4n) is 1.62. The van der Waals surface area contributed by atoms with Crippen molar-refractivity contribution < 1.29 is 18.3 Å². The van der Waals surface area contributed by atoms with Gasteiger partial charge in [-0.1, -0.05) is 6.07 Å². The minimum atomic E-state index is -3.81. The summed E-state index contributed by atoms with van der Waals surface area (Å²) in [5, 5.41) is 9.39. The molecule has 0 saturated carbocycles. The van der Waals surface area contributed by atoms with Crippen LogP contribution in [0.4, 0.5) is 5.69 Å². The normalized spacial score (nSPS) is 11.2. The molecule has 5 nitrogen and oxygen atoms in total. The van der Waals surface area contributed by atoms with Gasteiger partial charge in [0.05, 0.1) is 22.2 Å². The molecule has 0 amide bonds. The van der Waals surface area contributed by atoms with Crippen molar-refractivity contribution in [3.05, 3.63) is 45.3 Å². The fraction of sp³-hybridized carbons (Fsp3) is 0.0769. The lowest BCUT2D eigenvalue weighted by molar-refractivity contribution is 0.412. The molecule has 0 atom stereocenters. The molecule has 0 unspecified atom stereocenters. The van der Waals surface area contributed by atoms with E-state index in [1.807, 2.05) is 0 Å². The lowest BCUT2D eigenvalue weighted by Gasteiger charge is -2.12. The van der Waals surface area contributed by atoms with E-state index in [4.69, 9.17) is 4.74 Å². The smallest absolute Gasteiger partial charge is 0.262 e. The van der Waals surface area contributed by atoms with Crippen LogP contribution >= 0.6 is 31.9 Å². The number of aromatic hydroxyl groups is 1. The number of hydrogen-bond acceptors (Lipinski definition) is 4. The average molecular weight is 437 g/mol. The zero-order chi connectivity index (χ0) is 15.6. The van der Waals surface area contributed by atoms with Crippen LogP contribution in [0.25, 0.3) is 0 Å². The topological polar surface area (TPSA) is 75.6 Å². The van der Waals surface area contributed by atoms with Gasteiger partial charge in [-0.15, -0.1) is 0 Å². The van der Waals surface area contributed by atoms with Crippen molar-refractivity contribution in [2.75, 3.05) is 11.8 Å². The van der Waals surface area contributed by atoms with Crippen molar-refractivity contribution in [1.82, 2.24) is 0 Å². The Morgan fingerprint density at radius 2 is 1.86 bits per heavy atom. The van der Waals surface area contributed by atoms with Gasteiger partial charge in [-0.2, -0.15) is 0 Å². The first-order valence-electron chi connectivity index (χ1n) is 5.68. The summed E-state index contributed by atoms with van der Waals surface area (Å²) < 4.78 is 33.4. The van der Waals surface area contributed by atoms with Crippen LogP contribution in [-0.4, -0.2) is 20.6 Å². The van der Waals surface area contributed by atoms with Gasteiger partial charge in [-0.3, -0.25) is 4.72 Å². The Hall–Kier alpha value is -1.25. The predicted octanol–water partition coefficient (Wildman–Crippen LogP) is 3.73. The molecule has 0 spiro atoms. The molecule has 8 heteroatoms. The molecule has 0 fully saturated rings. The van der Waals surface area contributed by atoms with E-state index in [9.17, 15) is 13.5 Å². The lowest BCUT2D eigenvalue weighted by Crippen LogP contribution is -2.13. The Kier molecular flexibility index (Phi) is 4.80. The van der Waals surface area contributed by atoms with Crippen LogP contribution in [0.3, 0.4) is 0 Å². The quantitative estimate of drug-likeness (QED) is 0.765. The van der Waals surface area contributed by atoms with E-state index < -0.39 is 10.0 Å². The summed E-state index contributed by atoms with van der Waals surface area (Å²) >= 11 is 6.60. The van der Waals surface area contributed by atoms with E-state index in [-0.39, 0.29) is 10.6 Å². The van der Waals surface area contributed by atoms with Crippen molar-refractivity contribution in [2.45, 2.75) is 4.90 Å². The molecule has 112 valence electrons. The van der Waals surface area contributed by atoms with Crippen molar-refractivity contribution in [2.24, 2.45) is 0 Å². The molecule has 0 aliphatic rings. The molecule has 21 heavy (non-hydrogen) atoms. The van der Waals surface area contributed by atoms with E-state index in [0.29, 0.717) is 20.4 Å². The van der Waals surface area contributed by atoms with Gasteiger partial charge >= 0.3 is 0 Å².